The number of hydrogen-bond acceptors (Lipinski definition) is 3. The first-order chi connectivity index (χ1) is 14.9. The molecule has 1 fully saturated rings. The number of aromatic amines is 1. The summed E-state index contributed by atoms with van der Waals surface area (Å²) >= 11 is 0. The number of aromatic nitrogens is 1. The van der Waals surface area contributed by atoms with Gasteiger partial charge in [0.1, 0.15) is 6.10 Å². The van der Waals surface area contributed by atoms with Crippen LogP contribution in [0.2, 0.25) is 0 Å². The quantitative estimate of drug-likeness (QED) is 0.728. The summed E-state index contributed by atoms with van der Waals surface area (Å²) in [6, 6.07) is 7.76. The first kappa shape index (κ1) is 21.7. The van der Waals surface area contributed by atoms with Gasteiger partial charge in [0.25, 0.3) is 0 Å². The molecule has 5 nitrogen and oxygen atoms in total. The Balaban J connectivity index is 0.00000112. The van der Waals surface area contributed by atoms with Crippen molar-refractivity contribution in [1.82, 2.24) is 9.88 Å². The van der Waals surface area contributed by atoms with Gasteiger partial charge in [-0.3, -0.25) is 9.59 Å². The number of carbonyl (C=O) groups is 2. The predicted molar refractivity (Wildman–Crippen MR) is 123 cm³/mol. The highest BCUT2D eigenvalue weighted by Gasteiger charge is 2.56. The van der Waals surface area contributed by atoms with Gasteiger partial charge >= 0.3 is 0 Å². The maximum atomic E-state index is 13.8. The third kappa shape index (κ3) is 3.29. The van der Waals surface area contributed by atoms with E-state index in [2.05, 4.69) is 24.0 Å². The van der Waals surface area contributed by atoms with Crippen LogP contribution in [-0.4, -0.2) is 33.7 Å². The number of hydrogen-bond donors (Lipinski definition) is 1. The number of ketones is 1. The molecule has 1 amide bonds. The fourth-order valence-corrected chi connectivity index (χ4v) is 5.85. The Morgan fingerprint density at radius 3 is 2.77 bits per heavy atom. The molecule has 2 aromatic rings. The highest BCUT2D eigenvalue weighted by Crippen LogP contribution is 2.53. The number of allylic oxidation sites excluding steroid dienone is 1. The number of fused-ring (bicyclic) bond motifs is 6. The molecule has 4 heterocycles. The minimum Gasteiger partial charge on any atom is -0.498 e. The molecule has 5 rings (SSSR count). The number of ether oxygens (including phenoxy) is 1. The minimum absolute atomic E-state index is 0.0550. The summed E-state index contributed by atoms with van der Waals surface area (Å²) in [6.45, 7) is 10.1. The summed E-state index contributed by atoms with van der Waals surface area (Å²) < 4.78 is 5.70. The van der Waals surface area contributed by atoms with Crippen molar-refractivity contribution in [2.45, 2.75) is 78.5 Å². The molecule has 0 saturated carbocycles. The first-order valence-electron chi connectivity index (χ1n) is 11.7. The molecule has 0 radical (unpaired) electrons. The number of carbonyl (C=O) groups excluding carboxylic acids is 2. The van der Waals surface area contributed by atoms with E-state index in [1.807, 2.05) is 50.8 Å². The summed E-state index contributed by atoms with van der Waals surface area (Å²) in [6.07, 6.45) is 6.30. The summed E-state index contributed by atoms with van der Waals surface area (Å²) in [7, 11) is 0. The third-order valence-electron chi connectivity index (χ3n) is 7.19. The molecule has 0 aliphatic carbocycles. The number of rotatable bonds is 3. The number of piperidine rings is 1. The lowest BCUT2D eigenvalue weighted by Crippen LogP contribution is -2.61. The molecule has 5 atom stereocenters. The van der Waals surface area contributed by atoms with Crippen molar-refractivity contribution in [2.75, 3.05) is 0 Å². The van der Waals surface area contributed by atoms with E-state index in [1.165, 1.54) is 10.9 Å². The summed E-state index contributed by atoms with van der Waals surface area (Å²) in [5.41, 5.74) is 3.11. The van der Waals surface area contributed by atoms with Gasteiger partial charge in [-0.05, 0) is 37.5 Å². The Labute approximate surface area is 184 Å². The number of nitrogens with one attached hydrogen (secondary N) is 1. The third-order valence-corrected chi connectivity index (χ3v) is 7.19. The van der Waals surface area contributed by atoms with Crippen molar-refractivity contribution < 1.29 is 14.3 Å². The van der Waals surface area contributed by atoms with Gasteiger partial charge in [-0.1, -0.05) is 45.9 Å². The minimum atomic E-state index is -0.387. The summed E-state index contributed by atoms with van der Waals surface area (Å²) in [5, 5.41) is 1.17. The molecule has 3 aliphatic heterocycles. The monoisotopic (exact) mass is 422 g/mol. The van der Waals surface area contributed by atoms with E-state index in [4.69, 9.17) is 4.74 Å². The molecule has 166 valence electrons. The summed E-state index contributed by atoms with van der Waals surface area (Å²) in [4.78, 5) is 32.4. The second-order valence-corrected chi connectivity index (χ2v) is 9.09. The van der Waals surface area contributed by atoms with E-state index >= 15 is 0 Å². The van der Waals surface area contributed by atoms with Gasteiger partial charge in [-0.15, -0.1) is 0 Å². The standard InChI is InChI=1S/C24H28N2O3.C2H6/c1-4-7-20(27)18-12-16-15-8-5-6-9-17(15)25-22(16)19-13-24(3)10-11-29-14(2)21(24)23(28)26(18)19;1-2/h5-6,8-11,14,18-19,21,25H,4,7,12-13H2,1-3H3;1-2H3/t14-,18?,19?,21?,24?;/m0./s1. The van der Waals surface area contributed by atoms with Crippen LogP contribution < -0.4 is 0 Å². The number of nitrogens with zero attached hydrogens (tertiary/aromatic N) is 1. The highest BCUT2D eigenvalue weighted by atomic mass is 16.5. The Bertz CT molecular complexity index is 1020. The zero-order valence-corrected chi connectivity index (χ0v) is 19.3. The molecule has 5 heteroatoms. The second kappa shape index (κ2) is 8.18. The largest absolute Gasteiger partial charge is 0.498 e. The van der Waals surface area contributed by atoms with Crippen LogP contribution in [0.25, 0.3) is 10.9 Å². The number of amides is 1. The molecule has 3 aliphatic rings. The van der Waals surface area contributed by atoms with Crippen LogP contribution in [0.1, 0.15) is 71.2 Å². The normalized spacial score (nSPS) is 31.1. The predicted octanol–water partition coefficient (Wildman–Crippen LogP) is 5.32. The molecule has 31 heavy (non-hydrogen) atoms. The van der Waals surface area contributed by atoms with Crippen LogP contribution in [-0.2, 0) is 20.7 Å². The first-order valence-corrected chi connectivity index (χ1v) is 11.7. The van der Waals surface area contributed by atoms with Gasteiger partial charge in [0.15, 0.2) is 5.78 Å². The van der Waals surface area contributed by atoms with E-state index in [0.717, 1.165) is 24.1 Å². The average Bonchev–Trinajstić information content (AvgIpc) is 3.13. The van der Waals surface area contributed by atoms with Crippen molar-refractivity contribution in [3.8, 4) is 0 Å². The Kier molecular flexibility index (Phi) is 5.71. The van der Waals surface area contributed by atoms with Crippen molar-refractivity contribution in [1.29, 1.82) is 0 Å². The molecule has 1 N–H and O–H groups in total. The van der Waals surface area contributed by atoms with Gasteiger partial charge in [0, 0.05) is 34.9 Å². The lowest BCUT2D eigenvalue weighted by molar-refractivity contribution is -0.165. The fraction of sp³-hybridized carbons (Fsp3) is 0.538. The molecule has 1 aromatic heterocycles. The second-order valence-electron chi connectivity index (χ2n) is 9.09. The average molecular weight is 423 g/mol. The lowest BCUT2D eigenvalue weighted by atomic mass is 9.64. The van der Waals surface area contributed by atoms with E-state index in [0.29, 0.717) is 12.8 Å². The van der Waals surface area contributed by atoms with Crippen LogP contribution in [0, 0.1) is 11.3 Å². The molecule has 0 spiro atoms. The van der Waals surface area contributed by atoms with E-state index in [9.17, 15) is 9.59 Å². The molecular formula is C26H34N2O3. The van der Waals surface area contributed by atoms with Crippen LogP contribution in [0.15, 0.2) is 36.6 Å². The molecular weight excluding hydrogens is 388 g/mol. The van der Waals surface area contributed by atoms with Crippen LogP contribution in [0.3, 0.4) is 0 Å². The number of benzene rings is 1. The summed E-state index contributed by atoms with van der Waals surface area (Å²) in [5.74, 6) is -0.0312. The zero-order chi connectivity index (χ0) is 22.3. The van der Waals surface area contributed by atoms with Gasteiger partial charge < -0.3 is 14.6 Å². The Morgan fingerprint density at radius 2 is 2.03 bits per heavy atom. The van der Waals surface area contributed by atoms with Crippen LogP contribution in [0.4, 0.5) is 0 Å². The van der Waals surface area contributed by atoms with Crippen molar-refractivity contribution in [3.63, 3.8) is 0 Å². The Hall–Kier alpha value is -2.56. The van der Waals surface area contributed by atoms with Crippen molar-refractivity contribution >= 4 is 22.6 Å². The van der Waals surface area contributed by atoms with E-state index in [-0.39, 0.29) is 41.2 Å². The van der Waals surface area contributed by atoms with Crippen molar-refractivity contribution in [3.05, 3.63) is 47.9 Å². The molecule has 1 saturated heterocycles. The van der Waals surface area contributed by atoms with Crippen LogP contribution >= 0.6 is 0 Å². The van der Waals surface area contributed by atoms with Gasteiger partial charge in [0.05, 0.1) is 24.3 Å². The SMILES string of the molecule is CC.CCCC(=O)C1Cc2c([nH]c3ccccc23)C2CC3(C)C=CO[C@@H](C)C3C(=O)N12. The maximum Gasteiger partial charge on any atom is 0.231 e. The van der Waals surface area contributed by atoms with E-state index in [1.54, 1.807) is 6.26 Å². The van der Waals surface area contributed by atoms with Crippen LogP contribution in [0.5, 0.6) is 0 Å². The van der Waals surface area contributed by atoms with Gasteiger partial charge in [-0.2, -0.15) is 0 Å². The zero-order valence-electron chi connectivity index (χ0n) is 19.3. The van der Waals surface area contributed by atoms with Crippen molar-refractivity contribution in [2.24, 2.45) is 11.3 Å². The number of para-hydroxylation sites is 1. The smallest absolute Gasteiger partial charge is 0.231 e. The van der Waals surface area contributed by atoms with Gasteiger partial charge in [0.2, 0.25) is 5.91 Å². The number of H-pyrrole nitrogens is 1. The van der Waals surface area contributed by atoms with Gasteiger partial charge in [-0.25, -0.2) is 0 Å². The fourth-order valence-electron chi connectivity index (χ4n) is 5.85. The number of Topliss-reactive ketones (excluding diaryl/α,β-unsaturated/α-hetero) is 1. The lowest BCUT2D eigenvalue weighted by Gasteiger charge is -2.54. The molecule has 0 bridgehead atoms. The molecule has 1 aromatic carbocycles. The maximum absolute atomic E-state index is 13.8. The Morgan fingerprint density at radius 1 is 1.29 bits per heavy atom. The highest BCUT2D eigenvalue weighted by molar-refractivity contribution is 5.94. The molecule has 4 unspecified atom stereocenters. The topological polar surface area (TPSA) is 62.4 Å². The van der Waals surface area contributed by atoms with E-state index < -0.39 is 0 Å².